The molecule has 7 atom stereocenters. The van der Waals surface area contributed by atoms with E-state index in [1.807, 2.05) is 5.32 Å². The lowest BCUT2D eigenvalue weighted by atomic mass is 10.0. The van der Waals surface area contributed by atoms with Gasteiger partial charge in [0.15, 0.2) is 5.96 Å². The number of nitrogens with zero attached hydrogens (tertiary/aromatic N) is 3. The summed E-state index contributed by atoms with van der Waals surface area (Å²) in [6.45, 7) is 1.79. The van der Waals surface area contributed by atoms with E-state index in [2.05, 4.69) is 20.9 Å². The fourth-order valence-corrected chi connectivity index (χ4v) is 6.00. The number of nitrogens with two attached hydrogens (primary N) is 3. The Balaban J connectivity index is 2.23. The Morgan fingerprint density at radius 3 is 1.74 bits per heavy atom. The van der Waals surface area contributed by atoms with Crippen molar-refractivity contribution in [3.05, 3.63) is 0 Å². The lowest BCUT2D eigenvalue weighted by Crippen LogP contribution is -2.60. The van der Waals surface area contributed by atoms with Crippen LogP contribution in [0.15, 0.2) is 4.99 Å². The number of carboxylic acid groups (broad SMARTS) is 2. The number of guanidine groups is 1. The third kappa shape index (κ3) is 12.8. The van der Waals surface area contributed by atoms with Crippen molar-refractivity contribution in [2.75, 3.05) is 32.8 Å². The van der Waals surface area contributed by atoms with E-state index in [-0.39, 0.29) is 51.3 Å². The number of carbonyl (C=O) groups is 8. The molecule has 0 radical (unpaired) electrons. The third-order valence-corrected chi connectivity index (χ3v) is 8.81. The number of hydrogen-bond acceptors (Lipinski definition) is 12. The molecule has 2 rings (SSSR count). The molecular formula is C31H52N10O12. The van der Waals surface area contributed by atoms with Crippen LogP contribution in [0, 0.1) is 5.92 Å². The van der Waals surface area contributed by atoms with Crippen molar-refractivity contribution >= 4 is 53.3 Å². The van der Waals surface area contributed by atoms with E-state index in [1.165, 1.54) is 9.80 Å². The van der Waals surface area contributed by atoms with Crippen LogP contribution in [-0.2, 0) is 38.4 Å². The summed E-state index contributed by atoms with van der Waals surface area (Å²) in [4.78, 5) is 108. The first-order chi connectivity index (χ1) is 24.9. The third-order valence-electron chi connectivity index (χ3n) is 8.81. The summed E-state index contributed by atoms with van der Waals surface area (Å²) in [6, 6.07) is -9.27. The van der Waals surface area contributed by atoms with Crippen LogP contribution >= 0.6 is 0 Å². The van der Waals surface area contributed by atoms with Gasteiger partial charge in [-0.25, -0.2) is 4.79 Å². The lowest BCUT2D eigenvalue weighted by molar-refractivity contribution is -0.145. The highest BCUT2D eigenvalue weighted by Gasteiger charge is 2.42. The maximum atomic E-state index is 13.9. The van der Waals surface area contributed by atoms with Gasteiger partial charge in [0.1, 0.15) is 36.3 Å². The Bertz CT molecular complexity index is 1390. The van der Waals surface area contributed by atoms with Crippen LogP contribution in [-0.4, -0.2) is 159 Å². The molecule has 22 heteroatoms. The van der Waals surface area contributed by atoms with Gasteiger partial charge in [-0.2, -0.15) is 0 Å². The average Bonchev–Trinajstić information content (AvgIpc) is 3.79. The molecule has 53 heavy (non-hydrogen) atoms. The minimum absolute atomic E-state index is 0.00489. The zero-order valence-electron chi connectivity index (χ0n) is 29.7. The molecule has 7 unspecified atom stereocenters. The Morgan fingerprint density at radius 1 is 0.755 bits per heavy atom. The van der Waals surface area contributed by atoms with Gasteiger partial charge in [0.05, 0.1) is 25.7 Å². The second kappa shape index (κ2) is 20.8. The number of rotatable bonds is 20. The molecule has 14 N–H and O–H groups in total. The maximum Gasteiger partial charge on any atom is 0.328 e. The van der Waals surface area contributed by atoms with Crippen LogP contribution in [0.25, 0.3) is 0 Å². The number of carboxylic acids is 2. The molecule has 2 aliphatic heterocycles. The lowest BCUT2D eigenvalue weighted by Gasteiger charge is -2.32. The van der Waals surface area contributed by atoms with Crippen molar-refractivity contribution in [2.24, 2.45) is 28.1 Å². The predicted molar refractivity (Wildman–Crippen MR) is 184 cm³/mol. The van der Waals surface area contributed by atoms with E-state index in [4.69, 9.17) is 27.4 Å². The van der Waals surface area contributed by atoms with E-state index >= 15 is 0 Å². The summed E-state index contributed by atoms with van der Waals surface area (Å²) in [6.07, 6.45) is 0.776. The molecule has 0 aliphatic carbocycles. The highest BCUT2D eigenvalue weighted by Crippen LogP contribution is 2.22. The van der Waals surface area contributed by atoms with E-state index in [0.29, 0.717) is 12.8 Å². The molecule has 0 aromatic rings. The number of aliphatic carboxylic acids is 2. The zero-order valence-corrected chi connectivity index (χ0v) is 29.7. The van der Waals surface area contributed by atoms with Gasteiger partial charge in [0, 0.05) is 19.6 Å². The molecule has 2 aliphatic rings. The van der Waals surface area contributed by atoms with Crippen molar-refractivity contribution in [2.45, 2.75) is 101 Å². The van der Waals surface area contributed by atoms with E-state index < -0.39 is 115 Å². The maximum absolute atomic E-state index is 13.9. The number of likely N-dealkylation sites (tertiary alicyclic amines) is 2. The number of carbonyl (C=O) groups excluding carboxylic acids is 6. The topological polar surface area (TPSA) is 362 Å². The number of aliphatic imine (C=N–C) groups is 1. The van der Waals surface area contributed by atoms with Crippen LogP contribution in [0.4, 0.5) is 0 Å². The SMILES string of the molecule is CC(C)C(NC(=O)C(CCCN=C(N)N)NC(=O)C1CCCN1C(=O)C(N)CC(=O)O)C(=O)N1CCCC1C(=O)NC(CO)C(=O)NC(CO)C(=O)O. The monoisotopic (exact) mass is 756 g/mol. The Labute approximate surface area is 305 Å². The van der Waals surface area contributed by atoms with E-state index in [1.54, 1.807) is 13.8 Å². The number of aliphatic hydroxyl groups excluding tert-OH is 2. The first kappa shape index (κ1) is 44.1. The first-order valence-corrected chi connectivity index (χ1v) is 17.2. The van der Waals surface area contributed by atoms with Crippen LogP contribution in [0.3, 0.4) is 0 Å². The van der Waals surface area contributed by atoms with Crippen molar-refractivity contribution in [3.63, 3.8) is 0 Å². The molecule has 0 saturated carbocycles. The van der Waals surface area contributed by atoms with Gasteiger partial charge in [-0.1, -0.05) is 13.8 Å². The molecule has 22 nitrogen and oxygen atoms in total. The Hall–Kier alpha value is -5.09. The minimum atomic E-state index is -1.68. The highest BCUT2D eigenvalue weighted by atomic mass is 16.4. The van der Waals surface area contributed by atoms with E-state index in [0.717, 1.165) is 0 Å². The number of aliphatic hydroxyl groups is 2. The highest BCUT2D eigenvalue weighted by molar-refractivity contribution is 5.97. The van der Waals surface area contributed by atoms with Gasteiger partial charge in [-0.15, -0.1) is 0 Å². The quantitative estimate of drug-likeness (QED) is 0.0314. The molecule has 0 aromatic carbocycles. The number of hydrogen-bond donors (Lipinski definition) is 11. The normalized spacial score (nSPS) is 19.7. The number of amides is 6. The summed E-state index contributed by atoms with van der Waals surface area (Å²) in [5.74, 6) is -8.28. The van der Waals surface area contributed by atoms with Gasteiger partial charge in [-0.05, 0) is 44.4 Å². The second-order valence-electron chi connectivity index (χ2n) is 13.1. The molecular weight excluding hydrogens is 704 g/mol. The van der Waals surface area contributed by atoms with Crippen molar-refractivity contribution in [3.8, 4) is 0 Å². The molecule has 2 heterocycles. The molecule has 2 saturated heterocycles. The smallest absolute Gasteiger partial charge is 0.328 e. The van der Waals surface area contributed by atoms with Crippen LogP contribution in [0.5, 0.6) is 0 Å². The Morgan fingerprint density at radius 2 is 1.26 bits per heavy atom. The zero-order chi connectivity index (χ0) is 40.0. The molecule has 298 valence electrons. The van der Waals surface area contributed by atoms with Gasteiger partial charge in [0.25, 0.3) is 0 Å². The summed E-state index contributed by atoms with van der Waals surface area (Å²) in [7, 11) is 0. The fraction of sp³-hybridized carbons (Fsp3) is 0.710. The van der Waals surface area contributed by atoms with Gasteiger partial charge in [-0.3, -0.25) is 38.6 Å². The van der Waals surface area contributed by atoms with Crippen LogP contribution in [0.1, 0.15) is 58.8 Å². The molecule has 2 fully saturated rings. The predicted octanol–water partition coefficient (Wildman–Crippen LogP) is -5.51. The van der Waals surface area contributed by atoms with Crippen molar-refractivity contribution < 1.29 is 58.8 Å². The van der Waals surface area contributed by atoms with Gasteiger partial charge in [0.2, 0.25) is 35.4 Å². The largest absolute Gasteiger partial charge is 0.481 e. The fourth-order valence-electron chi connectivity index (χ4n) is 6.00. The summed E-state index contributed by atoms with van der Waals surface area (Å²) < 4.78 is 0. The molecule has 0 bridgehead atoms. The van der Waals surface area contributed by atoms with Gasteiger partial charge < -0.3 is 68.7 Å². The summed E-state index contributed by atoms with van der Waals surface area (Å²) in [5, 5.41) is 46.7. The van der Waals surface area contributed by atoms with Crippen LogP contribution in [0.2, 0.25) is 0 Å². The number of nitrogens with one attached hydrogen (secondary N) is 4. The Kier molecular flexibility index (Phi) is 17.3. The van der Waals surface area contributed by atoms with Crippen LogP contribution < -0.4 is 38.5 Å². The van der Waals surface area contributed by atoms with Crippen molar-refractivity contribution in [1.82, 2.24) is 31.1 Å². The first-order valence-electron chi connectivity index (χ1n) is 17.2. The second-order valence-corrected chi connectivity index (χ2v) is 13.1. The van der Waals surface area contributed by atoms with Gasteiger partial charge >= 0.3 is 11.9 Å². The average molecular weight is 757 g/mol. The molecule has 6 amide bonds. The molecule has 0 aromatic heterocycles. The molecule has 0 spiro atoms. The van der Waals surface area contributed by atoms with E-state index in [9.17, 15) is 48.6 Å². The minimum Gasteiger partial charge on any atom is -0.481 e. The summed E-state index contributed by atoms with van der Waals surface area (Å²) in [5.41, 5.74) is 16.6. The van der Waals surface area contributed by atoms with Crippen molar-refractivity contribution in [1.29, 1.82) is 0 Å². The summed E-state index contributed by atoms with van der Waals surface area (Å²) >= 11 is 0. The standard InChI is InChI=1S/C31H52N10O12/c1-15(2)23(29(51)41-11-5-8-21(41)27(49)37-18(13-42)25(47)38-19(14-43)30(52)53)39-24(46)17(6-3-9-35-31(33)34)36-26(48)20-7-4-10-40(20)28(50)16(32)12-22(44)45/h15-21,23,42-43H,3-14,32H2,1-2H3,(H,36,48)(H,37,49)(H,38,47)(H,39,46)(H,44,45)(H,52,53)(H4,33,34,35).